The van der Waals surface area contributed by atoms with Crippen LogP contribution in [0.15, 0.2) is 18.3 Å². The van der Waals surface area contributed by atoms with Crippen LogP contribution in [0.25, 0.3) is 0 Å². The Morgan fingerprint density at radius 1 is 1.30 bits per heavy atom. The zero-order valence-corrected chi connectivity index (χ0v) is 12.7. The van der Waals surface area contributed by atoms with Crippen molar-refractivity contribution in [3.63, 3.8) is 0 Å². The van der Waals surface area contributed by atoms with Gasteiger partial charge in [0.15, 0.2) is 6.10 Å². The molecule has 2 aliphatic rings. The fraction of sp³-hybridized carbons (Fsp3) is 0.600. The molecule has 2 aliphatic heterocycles. The van der Waals surface area contributed by atoms with Crippen LogP contribution in [-0.2, 0) is 11.0 Å². The first-order chi connectivity index (χ1) is 10.8. The molecule has 8 heteroatoms. The SMILES string of the molecule is CN1CCCN2C(=O)C(Oc3ccc(C(F)(F)F)cn3)CC2C1. The molecular formula is C15H18F3N3O2. The summed E-state index contributed by atoms with van der Waals surface area (Å²) < 4.78 is 43.1. The summed E-state index contributed by atoms with van der Waals surface area (Å²) >= 11 is 0. The third kappa shape index (κ3) is 3.41. The van der Waals surface area contributed by atoms with Crippen molar-refractivity contribution in [3.8, 4) is 5.88 Å². The number of carbonyl (C=O) groups is 1. The Kier molecular flexibility index (Phi) is 4.18. The van der Waals surface area contributed by atoms with E-state index in [9.17, 15) is 18.0 Å². The lowest BCUT2D eigenvalue weighted by Crippen LogP contribution is -2.38. The first kappa shape index (κ1) is 16.0. The number of alkyl halides is 3. The highest BCUT2D eigenvalue weighted by Crippen LogP contribution is 2.30. The number of fused-ring (bicyclic) bond motifs is 1. The third-order valence-electron chi connectivity index (χ3n) is 4.27. The number of pyridine rings is 1. The number of likely N-dealkylation sites (N-methyl/N-ethyl adjacent to an activating group) is 1. The quantitative estimate of drug-likeness (QED) is 0.830. The topological polar surface area (TPSA) is 45.7 Å². The molecule has 2 saturated heterocycles. The van der Waals surface area contributed by atoms with Gasteiger partial charge in [0.1, 0.15) is 0 Å². The normalized spacial score (nSPS) is 26.1. The molecule has 1 aromatic rings. The van der Waals surface area contributed by atoms with Gasteiger partial charge < -0.3 is 14.5 Å². The average Bonchev–Trinajstić information content (AvgIpc) is 2.66. The number of carbonyl (C=O) groups excluding carboxylic acids is 1. The average molecular weight is 329 g/mol. The van der Waals surface area contributed by atoms with Gasteiger partial charge >= 0.3 is 6.18 Å². The van der Waals surface area contributed by atoms with Gasteiger partial charge in [0.2, 0.25) is 5.88 Å². The molecular weight excluding hydrogens is 311 g/mol. The van der Waals surface area contributed by atoms with E-state index in [1.165, 1.54) is 0 Å². The minimum atomic E-state index is -4.43. The number of hydrogen-bond acceptors (Lipinski definition) is 4. The molecule has 0 saturated carbocycles. The lowest BCUT2D eigenvalue weighted by Gasteiger charge is -2.22. The minimum Gasteiger partial charge on any atom is -0.464 e. The molecule has 2 atom stereocenters. The van der Waals surface area contributed by atoms with Crippen LogP contribution in [0.5, 0.6) is 5.88 Å². The number of rotatable bonds is 2. The molecule has 3 heterocycles. The molecule has 0 radical (unpaired) electrons. The fourth-order valence-electron chi connectivity index (χ4n) is 3.13. The molecule has 2 unspecified atom stereocenters. The van der Waals surface area contributed by atoms with Gasteiger partial charge in [-0.1, -0.05) is 0 Å². The van der Waals surface area contributed by atoms with E-state index in [2.05, 4.69) is 9.88 Å². The van der Waals surface area contributed by atoms with Crippen molar-refractivity contribution < 1.29 is 22.7 Å². The van der Waals surface area contributed by atoms with E-state index in [0.29, 0.717) is 13.0 Å². The van der Waals surface area contributed by atoms with Crippen molar-refractivity contribution in [2.24, 2.45) is 0 Å². The molecule has 1 aromatic heterocycles. The Morgan fingerprint density at radius 3 is 2.74 bits per heavy atom. The maximum Gasteiger partial charge on any atom is 0.417 e. The fourth-order valence-corrected chi connectivity index (χ4v) is 3.13. The molecule has 5 nitrogen and oxygen atoms in total. The first-order valence-corrected chi connectivity index (χ1v) is 7.53. The van der Waals surface area contributed by atoms with E-state index in [1.807, 2.05) is 11.9 Å². The zero-order valence-electron chi connectivity index (χ0n) is 12.7. The van der Waals surface area contributed by atoms with Gasteiger partial charge in [0, 0.05) is 37.8 Å². The second-order valence-corrected chi connectivity index (χ2v) is 6.03. The molecule has 1 amide bonds. The molecule has 0 aromatic carbocycles. The first-order valence-electron chi connectivity index (χ1n) is 7.53. The predicted molar refractivity (Wildman–Crippen MR) is 75.9 cm³/mol. The highest BCUT2D eigenvalue weighted by molar-refractivity contribution is 5.84. The Balaban J connectivity index is 1.68. The number of amides is 1. The lowest BCUT2D eigenvalue weighted by atomic mass is 10.2. The second-order valence-electron chi connectivity index (χ2n) is 6.03. The summed E-state index contributed by atoms with van der Waals surface area (Å²) in [6.45, 7) is 2.42. The van der Waals surface area contributed by atoms with E-state index < -0.39 is 17.8 Å². The summed E-state index contributed by atoms with van der Waals surface area (Å²) in [6.07, 6.45) is -2.94. The van der Waals surface area contributed by atoms with Crippen LogP contribution in [0.3, 0.4) is 0 Å². The molecule has 126 valence electrons. The Labute approximate surface area is 132 Å². The van der Waals surface area contributed by atoms with Crippen LogP contribution in [0, 0.1) is 0 Å². The maximum absolute atomic E-state index is 12.5. The van der Waals surface area contributed by atoms with E-state index in [4.69, 9.17) is 4.74 Å². The van der Waals surface area contributed by atoms with Gasteiger partial charge in [-0.15, -0.1) is 0 Å². The highest BCUT2D eigenvalue weighted by atomic mass is 19.4. The Bertz CT molecular complexity index is 576. The molecule has 23 heavy (non-hydrogen) atoms. The van der Waals surface area contributed by atoms with Gasteiger partial charge in [-0.3, -0.25) is 4.79 Å². The van der Waals surface area contributed by atoms with Crippen LogP contribution >= 0.6 is 0 Å². The molecule has 3 rings (SSSR count). The highest BCUT2D eigenvalue weighted by Gasteiger charge is 2.42. The summed E-state index contributed by atoms with van der Waals surface area (Å²) in [7, 11) is 2.01. The zero-order chi connectivity index (χ0) is 16.6. The smallest absolute Gasteiger partial charge is 0.417 e. The number of halogens is 3. The molecule has 0 aliphatic carbocycles. The second kappa shape index (κ2) is 5.99. The van der Waals surface area contributed by atoms with Crippen molar-refractivity contribution in [1.82, 2.24) is 14.8 Å². The van der Waals surface area contributed by atoms with E-state index >= 15 is 0 Å². The molecule has 2 fully saturated rings. The van der Waals surface area contributed by atoms with Crippen molar-refractivity contribution in [2.45, 2.75) is 31.2 Å². The molecule has 0 spiro atoms. The van der Waals surface area contributed by atoms with Gasteiger partial charge in [0.25, 0.3) is 5.91 Å². The van der Waals surface area contributed by atoms with Crippen LogP contribution in [0.1, 0.15) is 18.4 Å². The van der Waals surface area contributed by atoms with Crippen LogP contribution < -0.4 is 4.74 Å². The summed E-state index contributed by atoms with van der Waals surface area (Å²) in [5.74, 6) is -0.0608. The number of ether oxygens (including phenoxy) is 1. The van der Waals surface area contributed by atoms with Crippen molar-refractivity contribution >= 4 is 5.91 Å². The van der Waals surface area contributed by atoms with Crippen LogP contribution in [0.2, 0.25) is 0 Å². The molecule has 0 N–H and O–H groups in total. The maximum atomic E-state index is 12.5. The summed E-state index contributed by atoms with van der Waals surface area (Å²) in [5.41, 5.74) is -0.835. The summed E-state index contributed by atoms with van der Waals surface area (Å²) in [6, 6.07) is 2.16. The summed E-state index contributed by atoms with van der Waals surface area (Å²) in [4.78, 5) is 20.1. The van der Waals surface area contributed by atoms with E-state index in [1.54, 1.807) is 0 Å². The number of nitrogens with zero attached hydrogens (tertiary/aromatic N) is 3. The molecule has 0 bridgehead atoms. The van der Waals surface area contributed by atoms with Gasteiger partial charge in [-0.05, 0) is 26.1 Å². The Morgan fingerprint density at radius 2 is 2.09 bits per heavy atom. The third-order valence-corrected chi connectivity index (χ3v) is 4.27. The van der Waals surface area contributed by atoms with Crippen molar-refractivity contribution in [3.05, 3.63) is 23.9 Å². The monoisotopic (exact) mass is 329 g/mol. The van der Waals surface area contributed by atoms with Gasteiger partial charge in [-0.2, -0.15) is 13.2 Å². The van der Waals surface area contributed by atoms with Crippen molar-refractivity contribution in [1.29, 1.82) is 0 Å². The van der Waals surface area contributed by atoms with E-state index in [0.717, 1.165) is 37.8 Å². The van der Waals surface area contributed by atoms with Crippen LogP contribution in [-0.4, -0.2) is 59.5 Å². The van der Waals surface area contributed by atoms with Crippen molar-refractivity contribution in [2.75, 3.05) is 26.7 Å². The van der Waals surface area contributed by atoms with Gasteiger partial charge in [0.05, 0.1) is 5.56 Å². The summed E-state index contributed by atoms with van der Waals surface area (Å²) in [5, 5.41) is 0. The Hall–Kier alpha value is -1.83. The minimum absolute atomic E-state index is 0.0439. The number of hydrogen-bond donors (Lipinski definition) is 0. The lowest BCUT2D eigenvalue weighted by molar-refractivity contribution is -0.138. The van der Waals surface area contributed by atoms with E-state index in [-0.39, 0.29) is 17.8 Å². The van der Waals surface area contributed by atoms with Crippen LogP contribution in [0.4, 0.5) is 13.2 Å². The largest absolute Gasteiger partial charge is 0.464 e. The predicted octanol–water partition coefficient (Wildman–Crippen LogP) is 1.78. The standard InChI is InChI=1S/C15H18F3N3O2/c1-20-5-2-6-21-11(9-20)7-12(14(21)22)23-13-4-3-10(8-19-13)15(16,17)18/h3-4,8,11-12H,2,5-7,9H2,1H3. The van der Waals surface area contributed by atoms with Gasteiger partial charge in [-0.25, -0.2) is 4.98 Å². The number of aromatic nitrogens is 1.